The Morgan fingerprint density at radius 1 is 1.19 bits per heavy atom. The topological polar surface area (TPSA) is 18.5 Å². The first-order chi connectivity index (χ1) is 7.37. The summed E-state index contributed by atoms with van der Waals surface area (Å²) in [6.45, 7) is 6.83. The number of ether oxygens (including phenoxy) is 2. The SMILES string of the molecule is CC(C)(C)OCCOc1cc(F)cc(Br)c1. The van der Waals surface area contributed by atoms with Gasteiger partial charge in [0.05, 0.1) is 12.2 Å². The lowest BCUT2D eigenvalue weighted by Gasteiger charge is -2.19. The van der Waals surface area contributed by atoms with Crippen molar-refractivity contribution in [1.82, 2.24) is 0 Å². The molecule has 0 N–H and O–H groups in total. The zero-order valence-electron chi connectivity index (χ0n) is 9.72. The van der Waals surface area contributed by atoms with E-state index in [1.165, 1.54) is 12.1 Å². The van der Waals surface area contributed by atoms with Crippen LogP contribution in [0.2, 0.25) is 0 Å². The number of halogens is 2. The van der Waals surface area contributed by atoms with Crippen LogP contribution in [-0.2, 0) is 4.74 Å². The van der Waals surface area contributed by atoms with Gasteiger partial charge >= 0.3 is 0 Å². The lowest BCUT2D eigenvalue weighted by molar-refractivity contribution is -0.0163. The fourth-order valence-corrected chi connectivity index (χ4v) is 1.56. The fraction of sp³-hybridized carbons (Fsp3) is 0.500. The molecule has 0 radical (unpaired) electrons. The highest BCUT2D eigenvalue weighted by Gasteiger charge is 2.09. The highest BCUT2D eigenvalue weighted by molar-refractivity contribution is 9.10. The minimum absolute atomic E-state index is 0.175. The molecule has 0 saturated carbocycles. The van der Waals surface area contributed by atoms with Gasteiger partial charge in [0.15, 0.2) is 0 Å². The van der Waals surface area contributed by atoms with E-state index in [1.807, 2.05) is 20.8 Å². The van der Waals surface area contributed by atoms with Crippen molar-refractivity contribution in [2.45, 2.75) is 26.4 Å². The molecule has 0 aliphatic carbocycles. The second-order valence-electron chi connectivity index (χ2n) is 4.41. The average Bonchev–Trinajstić information content (AvgIpc) is 2.09. The smallest absolute Gasteiger partial charge is 0.128 e. The van der Waals surface area contributed by atoms with Crippen molar-refractivity contribution in [1.29, 1.82) is 0 Å². The standard InChI is InChI=1S/C12H16BrFO2/c1-12(2,3)16-5-4-15-11-7-9(13)6-10(14)8-11/h6-8H,4-5H2,1-3H3. The van der Waals surface area contributed by atoms with Crippen LogP contribution in [0, 0.1) is 5.82 Å². The molecule has 90 valence electrons. The molecule has 0 aliphatic rings. The van der Waals surface area contributed by atoms with Crippen LogP contribution >= 0.6 is 15.9 Å². The Morgan fingerprint density at radius 3 is 2.44 bits per heavy atom. The zero-order valence-corrected chi connectivity index (χ0v) is 11.3. The molecule has 1 aromatic rings. The van der Waals surface area contributed by atoms with Gasteiger partial charge in [-0.15, -0.1) is 0 Å². The molecule has 0 spiro atoms. The maximum atomic E-state index is 13.0. The second-order valence-corrected chi connectivity index (χ2v) is 5.33. The highest BCUT2D eigenvalue weighted by Crippen LogP contribution is 2.20. The predicted molar refractivity (Wildman–Crippen MR) is 65.3 cm³/mol. The van der Waals surface area contributed by atoms with Gasteiger partial charge in [-0.05, 0) is 32.9 Å². The number of benzene rings is 1. The Kier molecular flexibility index (Phi) is 4.74. The summed E-state index contributed by atoms with van der Waals surface area (Å²) >= 11 is 3.20. The van der Waals surface area contributed by atoms with Crippen molar-refractivity contribution in [3.05, 3.63) is 28.5 Å². The lowest BCUT2D eigenvalue weighted by Crippen LogP contribution is -2.22. The molecule has 1 aromatic carbocycles. The first kappa shape index (κ1) is 13.5. The van der Waals surface area contributed by atoms with Crippen molar-refractivity contribution >= 4 is 15.9 Å². The van der Waals surface area contributed by atoms with E-state index in [-0.39, 0.29) is 11.4 Å². The third-order valence-electron chi connectivity index (χ3n) is 1.72. The first-order valence-corrected chi connectivity index (χ1v) is 5.89. The molecule has 4 heteroatoms. The Labute approximate surface area is 104 Å². The maximum absolute atomic E-state index is 13.0. The van der Waals surface area contributed by atoms with Crippen LogP contribution in [0.1, 0.15) is 20.8 Å². The van der Waals surface area contributed by atoms with E-state index >= 15 is 0 Å². The van der Waals surface area contributed by atoms with Crippen molar-refractivity contribution in [3.63, 3.8) is 0 Å². The van der Waals surface area contributed by atoms with Gasteiger partial charge in [0.2, 0.25) is 0 Å². The van der Waals surface area contributed by atoms with Crippen LogP contribution in [0.5, 0.6) is 5.75 Å². The van der Waals surface area contributed by atoms with Gasteiger partial charge in [-0.3, -0.25) is 0 Å². The van der Waals surface area contributed by atoms with E-state index in [0.29, 0.717) is 23.4 Å². The zero-order chi connectivity index (χ0) is 12.2. The van der Waals surface area contributed by atoms with Gasteiger partial charge < -0.3 is 9.47 Å². The summed E-state index contributed by atoms with van der Waals surface area (Å²) in [5, 5.41) is 0. The lowest BCUT2D eigenvalue weighted by atomic mass is 10.2. The van der Waals surface area contributed by atoms with E-state index in [9.17, 15) is 4.39 Å². The minimum Gasteiger partial charge on any atom is -0.491 e. The molecule has 0 unspecified atom stereocenters. The molecule has 0 fully saturated rings. The van der Waals surface area contributed by atoms with E-state index in [4.69, 9.17) is 9.47 Å². The quantitative estimate of drug-likeness (QED) is 0.786. The van der Waals surface area contributed by atoms with Gasteiger partial charge in [-0.2, -0.15) is 0 Å². The molecule has 0 bridgehead atoms. The Morgan fingerprint density at radius 2 is 1.88 bits per heavy atom. The van der Waals surface area contributed by atoms with Crippen molar-refractivity contribution in [2.24, 2.45) is 0 Å². The highest BCUT2D eigenvalue weighted by atomic mass is 79.9. The summed E-state index contributed by atoms with van der Waals surface area (Å²) in [7, 11) is 0. The van der Waals surface area contributed by atoms with Gasteiger partial charge in [0.1, 0.15) is 18.2 Å². The number of hydrogen-bond donors (Lipinski definition) is 0. The second kappa shape index (κ2) is 5.64. The van der Waals surface area contributed by atoms with Gasteiger partial charge in [0, 0.05) is 10.5 Å². The molecular formula is C12H16BrFO2. The van der Waals surface area contributed by atoms with Gasteiger partial charge in [-0.25, -0.2) is 4.39 Å². The van der Waals surface area contributed by atoms with E-state index in [0.717, 1.165) is 0 Å². The van der Waals surface area contributed by atoms with Crippen molar-refractivity contribution < 1.29 is 13.9 Å². The third kappa shape index (κ3) is 5.47. The summed E-state index contributed by atoms with van der Waals surface area (Å²) in [6, 6.07) is 4.46. The number of hydrogen-bond acceptors (Lipinski definition) is 2. The molecule has 0 aromatic heterocycles. The molecule has 0 heterocycles. The maximum Gasteiger partial charge on any atom is 0.128 e. The molecule has 16 heavy (non-hydrogen) atoms. The fourth-order valence-electron chi connectivity index (χ4n) is 1.12. The van der Waals surface area contributed by atoms with Gasteiger partial charge in [-0.1, -0.05) is 15.9 Å². The normalized spacial score (nSPS) is 11.6. The van der Waals surface area contributed by atoms with Crippen molar-refractivity contribution in [3.8, 4) is 5.75 Å². The monoisotopic (exact) mass is 290 g/mol. The van der Waals surface area contributed by atoms with E-state index in [1.54, 1.807) is 6.07 Å². The Bertz CT molecular complexity index is 327. The molecule has 0 aliphatic heterocycles. The van der Waals surface area contributed by atoms with E-state index < -0.39 is 0 Å². The molecule has 2 nitrogen and oxygen atoms in total. The minimum atomic E-state index is -0.318. The Hall–Kier alpha value is -0.610. The molecule has 0 atom stereocenters. The summed E-state index contributed by atoms with van der Waals surface area (Å²) < 4.78 is 24.5. The Balaban J connectivity index is 2.37. The molecule has 1 rings (SSSR count). The summed E-state index contributed by atoms with van der Waals surface area (Å²) in [6.07, 6.45) is 0. The number of rotatable bonds is 4. The summed E-state index contributed by atoms with van der Waals surface area (Å²) in [4.78, 5) is 0. The van der Waals surface area contributed by atoms with Gasteiger partial charge in [0.25, 0.3) is 0 Å². The largest absolute Gasteiger partial charge is 0.491 e. The van der Waals surface area contributed by atoms with Crippen molar-refractivity contribution in [2.75, 3.05) is 13.2 Å². The van der Waals surface area contributed by atoms with E-state index in [2.05, 4.69) is 15.9 Å². The van der Waals surface area contributed by atoms with Crippen LogP contribution in [-0.4, -0.2) is 18.8 Å². The molecular weight excluding hydrogens is 275 g/mol. The molecule has 0 amide bonds. The predicted octanol–water partition coefficient (Wildman–Crippen LogP) is 3.78. The first-order valence-electron chi connectivity index (χ1n) is 5.10. The van der Waals surface area contributed by atoms with Crippen LogP contribution in [0.15, 0.2) is 22.7 Å². The van der Waals surface area contributed by atoms with Crippen LogP contribution in [0.3, 0.4) is 0 Å². The molecule has 0 saturated heterocycles. The third-order valence-corrected chi connectivity index (χ3v) is 2.18. The average molecular weight is 291 g/mol. The summed E-state index contributed by atoms with van der Waals surface area (Å²) in [5.74, 6) is 0.186. The van der Waals surface area contributed by atoms with Crippen LogP contribution in [0.4, 0.5) is 4.39 Å². The summed E-state index contributed by atoms with van der Waals surface area (Å²) in [5.41, 5.74) is -0.175. The van der Waals surface area contributed by atoms with Crippen LogP contribution in [0.25, 0.3) is 0 Å². The van der Waals surface area contributed by atoms with Crippen LogP contribution < -0.4 is 4.74 Å².